The van der Waals surface area contributed by atoms with Crippen LogP contribution in [0.4, 0.5) is 5.95 Å². The van der Waals surface area contributed by atoms with Crippen LogP contribution in [-0.2, 0) is 0 Å². The Hall–Kier alpha value is -2.75. The molecule has 5 rings (SSSR count). The molecule has 0 atom stereocenters. The Kier molecular flexibility index (Phi) is 5.71. The van der Waals surface area contributed by atoms with Gasteiger partial charge in [0.15, 0.2) is 0 Å². The van der Waals surface area contributed by atoms with E-state index in [2.05, 4.69) is 36.0 Å². The standard InChI is InChI=1S/C21H16BrCl2N7O/c22-14-9-13(11-25-12-14)19(32)29-5-7-30(8-6-29)21-27-20-26-4-3-18(31(20)28-21)16-10-15(23)1-2-17(16)24/h1-4,9-12H,5-8H2. The van der Waals surface area contributed by atoms with E-state index in [0.717, 1.165) is 15.7 Å². The SMILES string of the molecule is O=C(c1cncc(Br)c1)N1CCN(c2nc3nccc(-c4cc(Cl)ccc4Cl)n3n2)CC1. The number of anilines is 1. The van der Waals surface area contributed by atoms with Gasteiger partial charge in [-0.2, -0.15) is 9.50 Å². The second-order valence-electron chi connectivity index (χ2n) is 7.25. The minimum absolute atomic E-state index is 0.0408. The van der Waals surface area contributed by atoms with Crippen molar-refractivity contribution < 1.29 is 4.79 Å². The number of halogens is 3. The molecule has 0 N–H and O–H groups in total. The van der Waals surface area contributed by atoms with Crippen molar-refractivity contribution in [2.24, 2.45) is 0 Å². The van der Waals surface area contributed by atoms with Gasteiger partial charge in [0, 0.05) is 59.8 Å². The summed E-state index contributed by atoms with van der Waals surface area (Å²) in [6, 6.07) is 8.89. The number of carbonyl (C=O) groups is 1. The Bertz CT molecular complexity index is 1320. The van der Waals surface area contributed by atoms with Crippen molar-refractivity contribution in [2.45, 2.75) is 0 Å². The van der Waals surface area contributed by atoms with Crippen LogP contribution in [0.5, 0.6) is 0 Å². The summed E-state index contributed by atoms with van der Waals surface area (Å²) >= 11 is 15.9. The fourth-order valence-electron chi connectivity index (χ4n) is 3.64. The van der Waals surface area contributed by atoms with Crippen LogP contribution in [0.25, 0.3) is 17.0 Å². The average molecular weight is 533 g/mol. The van der Waals surface area contributed by atoms with Crippen molar-refractivity contribution in [1.29, 1.82) is 0 Å². The van der Waals surface area contributed by atoms with Crippen LogP contribution in [0.3, 0.4) is 0 Å². The van der Waals surface area contributed by atoms with Gasteiger partial charge in [0.1, 0.15) is 0 Å². The lowest BCUT2D eigenvalue weighted by atomic mass is 10.1. The fraction of sp³-hybridized carbons (Fsp3) is 0.190. The van der Waals surface area contributed by atoms with Gasteiger partial charge in [-0.05, 0) is 46.3 Å². The Morgan fingerprint density at radius 2 is 1.84 bits per heavy atom. The minimum Gasteiger partial charge on any atom is -0.336 e. The van der Waals surface area contributed by atoms with Crippen LogP contribution in [0.1, 0.15) is 10.4 Å². The molecule has 0 spiro atoms. The molecule has 0 radical (unpaired) electrons. The summed E-state index contributed by atoms with van der Waals surface area (Å²) in [6.07, 6.45) is 4.91. The molecule has 0 bridgehead atoms. The number of hydrogen-bond donors (Lipinski definition) is 0. The first-order valence-corrected chi connectivity index (χ1v) is 11.4. The maximum Gasteiger partial charge on any atom is 0.255 e. The van der Waals surface area contributed by atoms with Crippen molar-refractivity contribution in [3.63, 3.8) is 0 Å². The monoisotopic (exact) mass is 531 g/mol. The molecule has 11 heteroatoms. The highest BCUT2D eigenvalue weighted by Gasteiger charge is 2.25. The van der Waals surface area contributed by atoms with E-state index in [0.29, 0.717) is 53.5 Å². The van der Waals surface area contributed by atoms with Gasteiger partial charge in [-0.25, -0.2) is 4.98 Å². The van der Waals surface area contributed by atoms with Crippen molar-refractivity contribution in [3.05, 3.63) is 69.0 Å². The third-order valence-corrected chi connectivity index (χ3v) is 6.23. The van der Waals surface area contributed by atoms with E-state index in [4.69, 9.17) is 23.2 Å². The molecule has 8 nitrogen and oxygen atoms in total. The fourth-order valence-corrected chi connectivity index (χ4v) is 4.39. The highest BCUT2D eigenvalue weighted by Crippen LogP contribution is 2.30. The van der Waals surface area contributed by atoms with E-state index < -0.39 is 0 Å². The quantitative estimate of drug-likeness (QED) is 0.393. The predicted octanol–water partition coefficient (Wildman–Crippen LogP) is 4.22. The zero-order valence-corrected chi connectivity index (χ0v) is 19.7. The van der Waals surface area contributed by atoms with Crippen molar-refractivity contribution in [1.82, 2.24) is 29.5 Å². The Balaban J connectivity index is 1.37. The molecule has 4 aromatic rings. The Morgan fingerprint density at radius 3 is 2.62 bits per heavy atom. The number of amides is 1. The highest BCUT2D eigenvalue weighted by atomic mass is 79.9. The summed E-state index contributed by atoms with van der Waals surface area (Å²) < 4.78 is 2.44. The Morgan fingerprint density at radius 1 is 1.03 bits per heavy atom. The molecule has 4 heterocycles. The number of benzene rings is 1. The van der Waals surface area contributed by atoms with E-state index in [-0.39, 0.29) is 5.91 Å². The highest BCUT2D eigenvalue weighted by molar-refractivity contribution is 9.10. The molecule has 1 aliphatic heterocycles. The van der Waals surface area contributed by atoms with Gasteiger partial charge in [0.25, 0.3) is 11.7 Å². The second kappa shape index (κ2) is 8.65. The van der Waals surface area contributed by atoms with Gasteiger partial charge >= 0.3 is 0 Å². The number of pyridine rings is 1. The largest absolute Gasteiger partial charge is 0.336 e. The molecule has 1 fully saturated rings. The van der Waals surface area contributed by atoms with Crippen LogP contribution in [0.2, 0.25) is 10.0 Å². The first-order chi connectivity index (χ1) is 15.5. The molecular formula is C21H16BrCl2N7O. The summed E-state index contributed by atoms with van der Waals surface area (Å²) in [5.41, 5.74) is 2.06. The molecule has 0 aliphatic carbocycles. The molecule has 162 valence electrons. The van der Waals surface area contributed by atoms with Gasteiger partial charge in [0.05, 0.1) is 16.3 Å². The van der Waals surface area contributed by atoms with Gasteiger partial charge in [-0.3, -0.25) is 9.78 Å². The van der Waals surface area contributed by atoms with Crippen LogP contribution >= 0.6 is 39.1 Å². The first kappa shape index (κ1) is 21.1. The molecule has 1 saturated heterocycles. The molecule has 0 unspecified atom stereocenters. The van der Waals surface area contributed by atoms with Gasteiger partial charge < -0.3 is 9.80 Å². The van der Waals surface area contributed by atoms with Crippen molar-refractivity contribution >= 4 is 56.8 Å². The lowest BCUT2D eigenvalue weighted by molar-refractivity contribution is 0.0745. The number of nitrogens with zero attached hydrogens (tertiary/aromatic N) is 7. The third-order valence-electron chi connectivity index (χ3n) is 5.24. The summed E-state index contributed by atoms with van der Waals surface area (Å²) in [7, 11) is 0. The smallest absolute Gasteiger partial charge is 0.255 e. The topological polar surface area (TPSA) is 79.5 Å². The van der Waals surface area contributed by atoms with Gasteiger partial charge in [-0.15, -0.1) is 5.10 Å². The normalized spacial score (nSPS) is 14.2. The zero-order valence-electron chi connectivity index (χ0n) is 16.6. The zero-order chi connectivity index (χ0) is 22.2. The van der Waals surface area contributed by atoms with E-state index in [1.165, 1.54) is 0 Å². The summed E-state index contributed by atoms with van der Waals surface area (Å²) in [5.74, 6) is 0.979. The molecule has 3 aromatic heterocycles. The van der Waals surface area contributed by atoms with Crippen LogP contribution in [0, 0.1) is 0 Å². The molecule has 32 heavy (non-hydrogen) atoms. The molecular weight excluding hydrogens is 517 g/mol. The van der Waals surface area contributed by atoms with Crippen molar-refractivity contribution in [2.75, 3.05) is 31.1 Å². The minimum atomic E-state index is -0.0408. The summed E-state index contributed by atoms with van der Waals surface area (Å²) in [4.78, 5) is 29.6. The summed E-state index contributed by atoms with van der Waals surface area (Å²) in [5, 5.41) is 5.81. The molecule has 1 aromatic carbocycles. The summed E-state index contributed by atoms with van der Waals surface area (Å²) in [6.45, 7) is 2.33. The lowest BCUT2D eigenvalue weighted by Crippen LogP contribution is -2.49. The maximum atomic E-state index is 12.8. The first-order valence-electron chi connectivity index (χ1n) is 9.81. The number of piperazine rings is 1. The van der Waals surface area contributed by atoms with Crippen LogP contribution < -0.4 is 4.90 Å². The van der Waals surface area contributed by atoms with Crippen molar-refractivity contribution in [3.8, 4) is 11.3 Å². The molecule has 1 aliphatic rings. The van der Waals surface area contributed by atoms with Crippen LogP contribution in [0.15, 0.2) is 53.4 Å². The maximum absolute atomic E-state index is 12.8. The number of hydrogen-bond acceptors (Lipinski definition) is 6. The Labute approximate surface area is 201 Å². The average Bonchev–Trinajstić information content (AvgIpc) is 3.25. The third kappa shape index (κ3) is 4.03. The molecule has 0 saturated carbocycles. The number of rotatable bonds is 3. The van der Waals surface area contributed by atoms with Crippen LogP contribution in [-0.4, -0.2) is 61.6 Å². The number of carbonyl (C=O) groups excluding carboxylic acids is 1. The van der Waals surface area contributed by atoms with E-state index in [9.17, 15) is 4.79 Å². The predicted molar refractivity (Wildman–Crippen MR) is 126 cm³/mol. The number of aromatic nitrogens is 5. The van der Waals surface area contributed by atoms with E-state index in [1.54, 1.807) is 47.4 Å². The van der Waals surface area contributed by atoms with E-state index >= 15 is 0 Å². The molecule has 1 amide bonds. The number of fused-ring (bicyclic) bond motifs is 1. The van der Waals surface area contributed by atoms with Gasteiger partial charge in [-0.1, -0.05) is 23.2 Å². The second-order valence-corrected chi connectivity index (χ2v) is 9.01. The van der Waals surface area contributed by atoms with E-state index in [1.807, 2.05) is 15.9 Å². The lowest BCUT2D eigenvalue weighted by Gasteiger charge is -2.34. The van der Waals surface area contributed by atoms with Gasteiger partial charge in [0.2, 0.25) is 5.95 Å².